The van der Waals surface area contributed by atoms with E-state index in [2.05, 4.69) is 20.9 Å². The fourth-order valence-corrected chi connectivity index (χ4v) is 3.12. The summed E-state index contributed by atoms with van der Waals surface area (Å²) in [4.78, 5) is 17.7. The fourth-order valence-electron chi connectivity index (χ4n) is 2.03. The lowest BCUT2D eigenvalue weighted by molar-refractivity contribution is 0.0991. The van der Waals surface area contributed by atoms with Crippen molar-refractivity contribution in [2.75, 3.05) is 0 Å². The van der Waals surface area contributed by atoms with Crippen LogP contribution in [0, 0.1) is 6.92 Å². The van der Waals surface area contributed by atoms with Crippen molar-refractivity contribution in [2.45, 2.75) is 13.3 Å². The van der Waals surface area contributed by atoms with Crippen molar-refractivity contribution in [3.63, 3.8) is 0 Å². The summed E-state index contributed by atoms with van der Waals surface area (Å²) in [5.41, 5.74) is 2.55. The van der Waals surface area contributed by atoms with E-state index in [0.717, 1.165) is 26.3 Å². The van der Waals surface area contributed by atoms with Crippen LogP contribution in [0.4, 0.5) is 0 Å². The van der Waals surface area contributed by atoms with Gasteiger partial charge in [-0.1, -0.05) is 28.1 Å². The van der Waals surface area contributed by atoms with E-state index >= 15 is 0 Å². The van der Waals surface area contributed by atoms with Crippen LogP contribution in [0.1, 0.15) is 21.6 Å². The first kappa shape index (κ1) is 12.6. The molecule has 0 saturated carbocycles. The first-order chi connectivity index (χ1) is 9.15. The molecule has 0 amide bonds. The van der Waals surface area contributed by atoms with Gasteiger partial charge in [-0.3, -0.25) is 9.20 Å². The zero-order chi connectivity index (χ0) is 13.4. The van der Waals surface area contributed by atoms with E-state index < -0.39 is 0 Å². The predicted molar refractivity (Wildman–Crippen MR) is 80.0 cm³/mol. The van der Waals surface area contributed by atoms with Crippen LogP contribution < -0.4 is 0 Å². The summed E-state index contributed by atoms with van der Waals surface area (Å²) < 4.78 is 2.91. The van der Waals surface area contributed by atoms with Crippen LogP contribution in [-0.2, 0) is 6.42 Å². The number of imidazole rings is 1. The van der Waals surface area contributed by atoms with Crippen molar-refractivity contribution >= 4 is 38.0 Å². The second-order valence-corrected chi connectivity index (χ2v) is 6.06. The maximum absolute atomic E-state index is 12.3. The maximum Gasteiger partial charge on any atom is 0.193 e. The number of rotatable bonds is 3. The summed E-state index contributed by atoms with van der Waals surface area (Å²) in [5, 5.41) is 1.98. The summed E-state index contributed by atoms with van der Waals surface area (Å²) in [6, 6.07) is 5.69. The van der Waals surface area contributed by atoms with E-state index in [4.69, 9.17) is 0 Å². The highest BCUT2D eigenvalue weighted by Crippen LogP contribution is 2.21. The van der Waals surface area contributed by atoms with Crippen molar-refractivity contribution in [1.82, 2.24) is 9.38 Å². The number of nitrogens with zero attached hydrogens (tertiary/aromatic N) is 2. The standard InChI is InChI=1S/C14H11BrN2OS/c1-9-11(3-2-4-12(9)15)13(18)7-10-8-17-5-6-19-14(17)16-10/h2-6,8H,7H2,1H3. The highest BCUT2D eigenvalue weighted by Gasteiger charge is 2.13. The Morgan fingerprint density at radius 1 is 1.47 bits per heavy atom. The number of fused-ring (bicyclic) bond motifs is 1. The molecule has 3 nitrogen and oxygen atoms in total. The molecule has 19 heavy (non-hydrogen) atoms. The number of hydrogen-bond acceptors (Lipinski definition) is 3. The van der Waals surface area contributed by atoms with Crippen molar-refractivity contribution < 1.29 is 4.79 Å². The smallest absolute Gasteiger partial charge is 0.193 e. The van der Waals surface area contributed by atoms with Crippen molar-refractivity contribution in [1.29, 1.82) is 0 Å². The van der Waals surface area contributed by atoms with Crippen LogP contribution in [0.25, 0.3) is 4.96 Å². The Morgan fingerprint density at radius 3 is 3.11 bits per heavy atom. The molecule has 0 aliphatic rings. The summed E-state index contributed by atoms with van der Waals surface area (Å²) in [6.07, 6.45) is 4.20. The summed E-state index contributed by atoms with van der Waals surface area (Å²) in [6.45, 7) is 1.95. The Balaban J connectivity index is 1.88. The van der Waals surface area contributed by atoms with Crippen LogP contribution in [0.15, 0.2) is 40.4 Å². The van der Waals surface area contributed by atoms with Crippen LogP contribution in [0.2, 0.25) is 0 Å². The molecule has 0 bridgehead atoms. The Hall–Kier alpha value is -1.46. The quantitative estimate of drug-likeness (QED) is 0.681. The van der Waals surface area contributed by atoms with Gasteiger partial charge in [-0.25, -0.2) is 4.98 Å². The Labute approximate surface area is 123 Å². The number of Topliss-reactive ketones (excluding diaryl/α,β-unsaturated/α-hetero) is 1. The first-order valence-electron chi connectivity index (χ1n) is 5.84. The minimum Gasteiger partial charge on any atom is -0.297 e. The molecule has 5 heteroatoms. The lowest BCUT2D eigenvalue weighted by atomic mass is 10.0. The molecule has 3 rings (SSSR count). The number of ketones is 1. The van der Waals surface area contributed by atoms with Crippen LogP contribution in [0.3, 0.4) is 0 Å². The van der Waals surface area contributed by atoms with Gasteiger partial charge in [0.1, 0.15) is 0 Å². The molecule has 0 aliphatic carbocycles. The molecule has 2 heterocycles. The molecule has 0 saturated heterocycles. The van der Waals surface area contributed by atoms with E-state index in [-0.39, 0.29) is 5.78 Å². The molecular formula is C14H11BrN2OS. The van der Waals surface area contributed by atoms with Gasteiger partial charge in [-0.2, -0.15) is 0 Å². The highest BCUT2D eigenvalue weighted by molar-refractivity contribution is 9.10. The number of carbonyl (C=O) groups is 1. The predicted octanol–water partition coefficient (Wildman–Crippen LogP) is 3.89. The van der Waals surface area contributed by atoms with Gasteiger partial charge in [-0.15, -0.1) is 11.3 Å². The van der Waals surface area contributed by atoms with Gasteiger partial charge in [0.2, 0.25) is 0 Å². The number of thiazole rings is 1. The third-order valence-corrected chi connectivity index (χ3v) is 4.68. The maximum atomic E-state index is 12.3. The van der Waals surface area contributed by atoms with Gasteiger partial charge in [0.05, 0.1) is 12.1 Å². The molecule has 0 N–H and O–H groups in total. The van der Waals surface area contributed by atoms with Gasteiger partial charge in [0, 0.05) is 27.8 Å². The number of aromatic nitrogens is 2. The second-order valence-electron chi connectivity index (χ2n) is 4.34. The van der Waals surface area contributed by atoms with E-state index in [1.54, 1.807) is 11.3 Å². The van der Waals surface area contributed by atoms with E-state index in [1.165, 1.54) is 0 Å². The average molecular weight is 335 g/mol. The molecule has 0 spiro atoms. The van der Waals surface area contributed by atoms with E-state index in [9.17, 15) is 4.79 Å². The van der Waals surface area contributed by atoms with Crippen molar-refractivity contribution in [2.24, 2.45) is 0 Å². The summed E-state index contributed by atoms with van der Waals surface area (Å²) in [7, 11) is 0. The molecular weight excluding hydrogens is 324 g/mol. The van der Waals surface area contributed by atoms with Crippen molar-refractivity contribution in [3.05, 3.63) is 57.3 Å². The Bertz CT molecular complexity index is 731. The first-order valence-corrected chi connectivity index (χ1v) is 7.52. The lowest BCUT2D eigenvalue weighted by Gasteiger charge is -2.05. The van der Waals surface area contributed by atoms with E-state index in [1.807, 2.05) is 47.3 Å². The summed E-state index contributed by atoms with van der Waals surface area (Å²) in [5.74, 6) is 0.101. The largest absolute Gasteiger partial charge is 0.297 e. The zero-order valence-electron chi connectivity index (χ0n) is 10.3. The highest BCUT2D eigenvalue weighted by atomic mass is 79.9. The molecule has 0 aliphatic heterocycles. The molecule has 0 radical (unpaired) electrons. The Morgan fingerprint density at radius 2 is 2.32 bits per heavy atom. The molecule has 2 aromatic heterocycles. The molecule has 0 unspecified atom stereocenters. The minimum absolute atomic E-state index is 0.101. The lowest BCUT2D eigenvalue weighted by Crippen LogP contribution is -2.06. The number of carbonyl (C=O) groups excluding carboxylic acids is 1. The number of halogens is 1. The topological polar surface area (TPSA) is 34.4 Å². The van der Waals surface area contributed by atoms with Gasteiger partial charge >= 0.3 is 0 Å². The van der Waals surface area contributed by atoms with Gasteiger partial charge < -0.3 is 0 Å². The van der Waals surface area contributed by atoms with Crippen LogP contribution >= 0.6 is 27.3 Å². The SMILES string of the molecule is Cc1c(Br)cccc1C(=O)Cc1cn2ccsc2n1. The normalized spacial score (nSPS) is 11.1. The second kappa shape index (κ2) is 4.90. The fraction of sp³-hybridized carbons (Fsp3) is 0.143. The summed E-state index contributed by atoms with van der Waals surface area (Å²) >= 11 is 5.02. The van der Waals surface area contributed by atoms with Crippen LogP contribution in [0.5, 0.6) is 0 Å². The minimum atomic E-state index is 0.101. The third kappa shape index (κ3) is 2.35. The molecule has 0 fully saturated rings. The Kier molecular flexibility index (Phi) is 3.24. The van der Waals surface area contributed by atoms with Gasteiger partial charge in [-0.05, 0) is 18.6 Å². The monoisotopic (exact) mass is 334 g/mol. The van der Waals surface area contributed by atoms with Crippen molar-refractivity contribution in [3.8, 4) is 0 Å². The molecule has 1 aromatic carbocycles. The van der Waals surface area contributed by atoms with Gasteiger partial charge in [0.15, 0.2) is 10.7 Å². The van der Waals surface area contributed by atoms with Gasteiger partial charge in [0.25, 0.3) is 0 Å². The van der Waals surface area contributed by atoms with E-state index in [0.29, 0.717) is 6.42 Å². The molecule has 96 valence electrons. The molecule has 0 atom stereocenters. The third-order valence-electron chi connectivity index (χ3n) is 3.05. The van der Waals surface area contributed by atoms with Crippen LogP contribution in [-0.4, -0.2) is 15.2 Å². The zero-order valence-corrected chi connectivity index (χ0v) is 12.7. The number of hydrogen-bond donors (Lipinski definition) is 0. The molecule has 3 aromatic rings. The average Bonchev–Trinajstić information content (AvgIpc) is 2.93. The number of benzene rings is 1.